The van der Waals surface area contributed by atoms with E-state index >= 15 is 0 Å². The van der Waals surface area contributed by atoms with Crippen LogP contribution in [0.2, 0.25) is 5.02 Å². The van der Waals surface area contributed by atoms with E-state index < -0.39 is 0 Å². The second kappa shape index (κ2) is 6.08. The van der Waals surface area contributed by atoms with E-state index in [0.29, 0.717) is 5.92 Å². The SMILES string of the molecule is CCC1CCC(C(O)c2ccc(Cl)cc2C)CC1. The summed E-state index contributed by atoms with van der Waals surface area (Å²) in [6.45, 7) is 4.30. The molecular weight excluding hydrogens is 244 g/mol. The first kappa shape index (κ1) is 13.9. The number of benzene rings is 1. The van der Waals surface area contributed by atoms with Gasteiger partial charge in [-0.15, -0.1) is 0 Å². The Balaban J connectivity index is 2.05. The largest absolute Gasteiger partial charge is 0.388 e. The van der Waals surface area contributed by atoms with Crippen molar-refractivity contribution < 1.29 is 5.11 Å². The third-order valence-corrected chi connectivity index (χ3v) is 4.70. The highest BCUT2D eigenvalue weighted by Gasteiger charge is 2.27. The summed E-state index contributed by atoms with van der Waals surface area (Å²) in [5.74, 6) is 1.30. The third-order valence-electron chi connectivity index (χ3n) is 4.47. The molecular formula is C16H23ClO. The minimum atomic E-state index is -0.319. The highest BCUT2D eigenvalue weighted by Crippen LogP contribution is 2.38. The van der Waals surface area contributed by atoms with E-state index in [4.69, 9.17) is 11.6 Å². The van der Waals surface area contributed by atoms with Gasteiger partial charge in [0.15, 0.2) is 0 Å². The van der Waals surface area contributed by atoms with Crippen LogP contribution in [0.5, 0.6) is 0 Å². The van der Waals surface area contributed by atoms with Crippen LogP contribution in [0.3, 0.4) is 0 Å². The molecule has 1 aromatic rings. The van der Waals surface area contributed by atoms with E-state index in [-0.39, 0.29) is 6.10 Å². The van der Waals surface area contributed by atoms with E-state index in [9.17, 15) is 5.11 Å². The normalized spacial score (nSPS) is 26.0. The average Bonchev–Trinajstić information content (AvgIpc) is 2.38. The minimum absolute atomic E-state index is 0.319. The number of halogens is 1. The second-order valence-corrected chi connectivity index (χ2v) is 6.07. The molecule has 1 aliphatic rings. The summed E-state index contributed by atoms with van der Waals surface area (Å²) in [6.07, 6.45) is 5.81. The number of aliphatic hydroxyl groups is 1. The molecule has 0 bridgehead atoms. The van der Waals surface area contributed by atoms with Gasteiger partial charge in [0.25, 0.3) is 0 Å². The summed E-state index contributed by atoms with van der Waals surface area (Å²) in [6, 6.07) is 5.80. The van der Waals surface area contributed by atoms with Crippen LogP contribution in [0.1, 0.15) is 56.3 Å². The molecule has 0 aromatic heterocycles. The number of hydrogen-bond acceptors (Lipinski definition) is 1. The van der Waals surface area contributed by atoms with Crippen LogP contribution < -0.4 is 0 Å². The molecule has 1 nitrogen and oxygen atoms in total. The molecule has 1 aliphatic carbocycles. The maximum Gasteiger partial charge on any atom is 0.0820 e. The molecule has 0 aliphatic heterocycles. The predicted octanol–water partition coefficient (Wildman–Crippen LogP) is 4.90. The summed E-state index contributed by atoms with van der Waals surface area (Å²) < 4.78 is 0. The zero-order valence-corrected chi connectivity index (χ0v) is 12.1. The van der Waals surface area contributed by atoms with Crippen molar-refractivity contribution in [2.45, 2.75) is 52.1 Å². The van der Waals surface area contributed by atoms with Crippen LogP contribution in [0, 0.1) is 18.8 Å². The smallest absolute Gasteiger partial charge is 0.0820 e. The Bertz CT molecular complexity index is 394. The lowest BCUT2D eigenvalue weighted by Crippen LogP contribution is -2.20. The number of hydrogen-bond donors (Lipinski definition) is 1. The van der Waals surface area contributed by atoms with E-state index in [1.54, 1.807) is 0 Å². The summed E-state index contributed by atoms with van der Waals surface area (Å²) in [4.78, 5) is 0. The van der Waals surface area contributed by atoms with Crippen LogP contribution >= 0.6 is 11.6 Å². The van der Waals surface area contributed by atoms with E-state index in [1.165, 1.54) is 19.3 Å². The monoisotopic (exact) mass is 266 g/mol. The molecule has 0 radical (unpaired) electrons. The van der Waals surface area contributed by atoms with Gasteiger partial charge >= 0.3 is 0 Å². The number of aliphatic hydroxyl groups excluding tert-OH is 1. The Kier molecular flexibility index (Phi) is 4.69. The maximum absolute atomic E-state index is 10.5. The molecule has 1 saturated carbocycles. The highest BCUT2D eigenvalue weighted by molar-refractivity contribution is 6.30. The van der Waals surface area contributed by atoms with Crippen molar-refractivity contribution in [3.63, 3.8) is 0 Å². The van der Waals surface area contributed by atoms with Gasteiger partial charge < -0.3 is 5.11 Å². The third kappa shape index (κ3) is 3.07. The Morgan fingerprint density at radius 2 is 1.94 bits per heavy atom. The van der Waals surface area contributed by atoms with Crippen LogP contribution in [-0.4, -0.2) is 5.11 Å². The van der Waals surface area contributed by atoms with Crippen molar-refractivity contribution in [2.75, 3.05) is 0 Å². The lowest BCUT2D eigenvalue weighted by Gasteiger charge is -2.31. The van der Waals surface area contributed by atoms with Crippen molar-refractivity contribution in [1.82, 2.24) is 0 Å². The Morgan fingerprint density at radius 3 is 2.50 bits per heavy atom. The maximum atomic E-state index is 10.5. The van der Waals surface area contributed by atoms with Gasteiger partial charge in [-0.3, -0.25) is 0 Å². The van der Waals surface area contributed by atoms with Gasteiger partial charge in [0, 0.05) is 5.02 Å². The summed E-state index contributed by atoms with van der Waals surface area (Å²) in [5, 5.41) is 11.3. The van der Waals surface area contributed by atoms with E-state index in [0.717, 1.165) is 34.9 Å². The zero-order valence-electron chi connectivity index (χ0n) is 11.3. The molecule has 2 heteroatoms. The molecule has 0 spiro atoms. The molecule has 0 amide bonds. The lowest BCUT2D eigenvalue weighted by atomic mass is 9.76. The molecule has 1 N–H and O–H groups in total. The van der Waals surface area contributed by atoms with Crippen LogP contribution in [0.25, 0.3) is 0 Å². The Morgan fingerprint density at radius 1 is 1.28 bits per heavy atom. The number of aryl methyl sites for hydroxylation is 1. The lowest BCUT2D eigenvalue weighted by molar-refractivity contribution is 0.0725. The topological polar surface area (TPSA) is 20.2 Å². The molecule has 1 atom stereocenters. The van der Waals surface area contributed by atoms with Crippen LogP contribution in [0.4, 0.5) is 0 Å². The van der Waals surface area contributed by atoms with Crippen molar-refractivity contribution in [2.24, 2.45) is 11.8 Å². The number of rotatable bonds is 3. The van der Waals surface area contributed by atoms with Gasteiger partial charge in [0.05, 0.1) is 6.10 Å². The fraction of sp³-hybridized carbons (Fsp3) is 0.625. The standard InChI is InChI=1S/C16H23ClO/c1-3-12-4-6-13(7-5-12)16(18)15-9-8-14(17)10-11(15)2/h8-10,12-13,16,18H,3-7H2,1-2H3. The summed E-state index contributed by atoms with van der Waals surface area (Å²) >= 11 is 5.96. The molecule has 1 aromatic carbocycles. The van der Waals surface area contributed by atoms with E-state index in [1.807, 2.05) is 25.1 Å². The molecule has 100 valence electrons. The first-order valence-electron chi connectivity index (χ1n) is 7.06. The quantitative estimate of drug-likeness (QED) is 0.825. The summed E-state index contributed by atoms with van der Waals surface area (Å²) in [7, 11) is 0. The molecule has 0 heterocycles. The first-order valence-corrected chi connectivity index (χ1v) is 7.43. The average molecular weight is 267 g/mol. The zero-order chi connectivity index (χ0) is 13.1. The van der Waals surface area contributed by atoms with Crippen molar-refractivity contribution >= 4 is 11.6 Å². The molecule has 0 saturated heterocycles. The first-order chi connectivity index (χ1) is 8.61. The van der Waals surface area contributed by atoms with Crippen molar-refractivity contribution in [3.8, 4) is 0 Å². The predicted molar refractivity (Wildman–Crippen MR) is 76.9 cm³/mol. The van der Waals surface area contributed by atoms with Gasteiger partial charge in [-0.1, -0.05) is 43.9 Å². The fourth-order valence-electron chi connectivity index (χ4n) is 3.14. The van der Waals surface area contributed by atoms with Crippen molar-refractivity contribution in [3.05, 3.63) is 34.3 Å². The van der Waals surface area contributed by atoms with Gasteiger partial charge in [0.1, 0.15) is 0 Å². The Hall–Kier alpha value is -0.530. The van der Waals surface area contributed by atoms with Gasteiger partial charge in [0.2, 0.25) is 0 Å². The van der Waals surface area contributed by atoms with Gasteiger partial charge in [-0.05, 0) is 54.9 Å². The summed E-state index contributed by atoms with van der Waals surface area (Å²) in [5.41, 5.74) is 2.16. The van der Waals surface area contributed by atoms with Gasteiger partial charge in [-0.2, -0.15) is 0 Å². The van der Waals surface area contributed by atoms with Gasteiger partial charge in [-0.25, -0.2) is 0 Å². The molecule has 1 fully saturated rings. The van der Waals surface area contributed by atoms with E-state index in [2.05, 4.69) is 6.92 Å². The molecule has 1 unspecified atom stereocenters. The highest BCUT2D eigenvalue weighted by atomic mass is 35.5. The van der Waals surface area contributed by atoms with Crippen LogP contribution in [-0.2, 0) is 0 Å². The molecule has 2 rings (SSSR count). The second-order valence-electron chi connectivity index (χ2n) is 5.63. The molecule has 18 heavy (non-hydrogen) atoms. The van der Waals surface area contributed by atoms with Crippen molar-refractivity contribution in [1.29, 1.82) is 0 Å². The Labute approximate surface area is 115 Å². The fourth-order valence-corrected chi connectivity index (χ4v) is 3.36. The van der Waals surface area contributed by atoms with Crippen LogP contribution in [0.15, 0.2) is 18.2 Å². The minimum Gasteiger partial charge on any atom is -0.388 e.